The van der Waals surface area contributed by atoms with E-state index in [4.69, 9.17) is 10.2 Å². The number of hydrogen-bond acceptors (Lipinski definition) is 4. The lowest BCUT2D eigenvalue weighted by atomic mass is 10.1. The van der Waals surface area contributed by atoms with Crippen LogP contribution in [0, 0.1) is 0 Å². The van der Waals surface area contributed by atoms with E-state index in [2.05, 4.69) is 10.1 Å². The average Bonchev–Trinajstić information content (AvgIpc) is 2.31. The molecule has 1 unspecified atom stereocenters. The summed E-state index contributed by atoms with van der Waals surface area (Å²) in [5, 5.41) is 21.2. The predicted molar refractivity (Wildman–Crippen MR) is 61.7 cm³/mol. The summed E-state index contributed by atoms with van der Waals surface area (Å²) in [5.41, 5.74) is 0. The summed E-state index contributed by atoms with van der Waals surface area (Å²) in [4.78, 5) is 32.3. The molecule has 2 amide bonds. The molecule has 8 nitrogen and oxygen atoms in total. The zero-order valence-corrected chi connectivity index (χ0v) is 10.8. The lowest BCUT2D eigenvalue weighted by molar-refractivity contribution is -0.173. The largest absolute Gasteiger partial charge is 0.481 e. The fourth-order valence-electron chi connectivity index (χ4n) is 1.16. The molecule has 0 aromatic carbocycles. The van der Waals surface area contributed by atoms with Crippen molar-refractivity contribution in [3.05, 3.63) is 0 Å². The van der Waals surface area contributed by atoms with Gasteiger partial charge in [-0.15, -0.1) is 0 Å². The number of nitrogens with one attached hydrogen (secondary N) is 2. The summed E-state index contributed by atoms with van der Waals surface area (Å²) in [5.74, 6) is -2.64. The van der Waals surface area contributed by atoms with Gasteiger partial charge in [0.15, 0.2) is 0 Å². The van der Waals surface area contributed by atoms with Gasteiger partial charge in [0.05, 0.1) is 6.61 Å². The molecule has 0 heterocycles. The lowest BCUT2D eigenvalue weighted by Crippen LogP contribution is -2.47. The van der Waals surface area contributed by atoms with Gasteiger partial charge in [0.25, 0.3) is 0 Å². The zero-order chi connectivity index (χ0) is 16.5. The standard InChI is InChI=1S/C10H15F3N2O6/c11-10(12,13)5-21-4-3-14-9(20)15-6(8(18)19)1-2-7(16)17/h6H,1-5H2,(H,16,17)(H,18,19)(H2,14,15,20). The highest BCUT2D eigenvalue weighted by atomic mass is 19.4. The first-order valence-corrected chi connectivity index (χ1v) is 5.75. The molecule has 122 valence electrons. The third-order valence-electron chi connectivity index (χ3n) is 2.05. The summed E-state index contributed by atoms with van der Waals surface area (Å²) >= 11 is 0. The van der Waals surface area contributed by atoms with E-state index in [1.165, 1.54) is 0 Å². The smallest absolute Gasteiger partial charge is 0.411 e. The van der Waals surface area contributed by atoms with Crippen LogP contribution in [-0.4, -0.2) is 60.2 Å². The van der Waals surface area contributed by atoms with E-state index in [1.807, 2.05) is 5.32 Å². The van der Waals surface area contributed by atoms with E-state index in [1.54, 1.807) is 0 Å². The third-order valence-corrected chi connectivity index (χ3v) is 2.05. The first kappa shape index (κ1) is 19.0. The summed E-state index contributed by atoms with van der Waals surface area (Å²) in [6, 6.07) is -2.35. The Morgan fingerprint density at radius 3 is 2.29 bits per heavy atom. The van der Waals surface area contributed by atoms with Crippen molar-refractivity contribution in [2.75, 3.05) is 19.8 Å². The number of amides is 2. The second-order valence-electron chi connectivity index (χ2n) is 3.89. The fraction of sp³-hybridized carbons (Fsp3) is 0.700. The number of carboxylic acids is 2. The molecule has 0 aromatic rings. The van der Waals surface area contributed by atoms with Crippen LogP contribution in [0.1, 0.15) is 12.8 Å². The number of hydrogen-bond donors (Lipinski definition) is 4. The molecule has 0 aromatic heterocycles. The van der Waals surface area contributed by atoms with Gasteiger partial charge < -0.3 is 25.6 Å². The molecule has 1 atom stereocenters. The first-order chi connectivity index (χ1) is 9.61. The van der Waals surface area contributed by atoms with Crippen LogP contribution in [0.3, 0.4) is 0 Å². The van der Waals surface area contributed by atoms with Crippen molar-refractivity contribution >= 4 is 18.0 Å². The van der Waals surface area contributed by atoms with E-state index in [0.717, 1.165) is 0 Å². The number of aliphatic carboxylic acids is 2. The van der Waals surface area contributed by atoms with Gasteiger partial charge in [-0.1, -0.05) is 0 Å². The van der Waals surface area contributed by atoms with Crippen molar-refractivity contribution < 1.29 is 42.5 Å². The highest BCUT2D eigenvalue weighted by Gasteiger charge is 2.27. The monoisotopic (exact) mass is 316 g/mol. The fourth-order valence-corrected chi connectivity index (χ4v) is 1.16. The highest BCUT2D eigenvalue weighted by Crippen LogP contribution is 2.13. The number of ether oxygens (including phenoxy) is 1. The van der Waals surface area contributed by atoms with Gasteiger partial charge >= 0.3 is 24.1 Å². The number of carboxylic acid groups (broad SMARTS) is 2. The number of carbonyl (C=O) groups excluding carboxylic acids is 1. The van der Waals surface area contributed by atoms with Crippen LogP contribution in [0.5, 0.6) is 0 Å². The van der Waals surface area contributed by atoms with Crippen LogP contribution in [0.15, 0.2) is 0 Å². The minimum Gasteiger partial charge on any atom is -0.481 e. The molecular weight excluding hydrogens is 301 g/mol. The Morgan fingerprint density at radius 2 is 1.81 bits per heavy atom. The van der Waals surface area contributed by atoms with Crippen molar-refractivity contribution in [1.82, 2.24) is 10.6 Å². The maximum absolute atomic E-state index is 11.7. The Kier molecular flexibility index (Phi) is 8.12. The van der Waals surface area contributed by atoms with Crippen molar-refractivity contribution in [3.63, 3.8) is 0 Å². The summed E-state index contributed by atoms with van der Waals surface area (Å²) < 4.78 is 39.4. The molecule has 0 fully saturated rings. The molecule has 0 saturated carbocycles. The topological polar surface area (TPSA) is 125 Å². The molecule has 0 aliphatic rings. The molecule has 0 aliphatic carbocycles. The van der Waals surface area contributed by atoms with Crippen molar-refractivity contribution in [1.29, 1.82) is 0 Å². The Balaban J connectivity index is 3.93. The van der Waals surface area contributed by atoms with Crippen LogP contribution >= 0.6 is 0 Å². The number of urea groups is 1. The first-order valence-electron chi connectivity index (χ1n) is 5.75. The van der Waals surface area contributed by atoms with Crippen LogP contribution in [0.25, 0.3) is 0 Å². The van der Waals surface area contributed by atoms with Gasteiger partial charge in [-0.25, -0.2) is 9.59 Å². The third kappa shape index (κ3) is 11.5. The van der Waals surface area contributed by atoms with E-state index in [-0.39, 0.29) is 13.0 Å². The van der Waals surface area contributed by atoms with Crippen LogP contribution < -0.4 is 10.6 Å². The minimum absolute atomic E-state index is 0.257. The average molecular weight is 316 g/mol. The molecule has 0 aliphatic heterocycles. The van der Waals surface area contributed by atoms with Gasteiger partial charge in [0, 0.05) is 13.0 Å². The second kappa shape index (κ2) is 9.00. The summed E-state index contributed by atoms with van der Waals surface area (Å²) in [6.45, 7) is -2.11. The van der Waals surface area contributed by atoms with Crippen LogP contribution in [0.4, 0.5) is 18.0 Å². The zero-order valence-electron chi connectivity index (χ0n) is 10.8. The molecule has 21 heavy (non-hydrogen) atoms. The van der Waals surface area contributed by atoms with Gasteiger partial charge in [-0.05, 0) is 6.42 Å². The van der Waals surface area contributed by atoms with E-state index in [9.17, 15) is 27.6 Å². The number of halogens is 3. The maximum Gasteiger partial charge on any atom is 0.411 e. The van der Waals surface area contributed by atoms with Gasteiger partial charge in [-0.2, -0.15) is 13.2 Å². The Hall–Kier alpha value is -2.04. The highest BCUT2D eigenvalue weighted by molar-refractivity contribution is 5.82. The molecule has 0 spiro atoms. The molecule has 11 heteroatoms. The Labute approximate surface area is 117 Å². The number of carbonyl (C=O) groups is 3. The molecule has 0 rings (SSSR count). The van der Waals surface area contributed by atoms with Crippen LogP contribution in [-0.2, 0) is 14.3 Å². The molecule has 0 radical (unpaired) electrons. The van der Waals surface area contributed by atoms with Gasteiger partial charge in [-0.3, -0.25) is 4.79 Å². The second-order valence-corrected chi connectivity index (χ2v) is 3.89. The Morgan fingerprint density at radius 1 is 1.19 bits per heavy atom. The minimum atomic E-state index is -4.46. The van der Waals surface area contributed by atoms with Gasteiger partial charge in [0.2, 0.25) is 0 Å². The number of alkyl halides is 3. The van der Waals surface area contributed by atoms with E-state index < -0.39 is 49.8 Å². The summed E-state index contributed by atoms with van der Waals surface area (Å²) in [6.07, 6.45) is -5.23. The van der Waals surface area contributed by atoms with Crippen molar-refractivity contribution in [2.45, 2.75) is 25.1 Å². The maximum atomic E-state index is 11.7. The van der Waals surface area contributed by atoms with Gasteiger partial charge in [0.1, 0.15) is 12.6 Å². The summed E-state index contributed by atoms with van der Waals surface area (Å²) in [7, 11) is 0. The Bertz CT molecular complexity index is 374. The molecule has 4 N–H and O–H groups in total. The SMILES string of the molecule is O=C(O)CCC(NC(=O)NCCOCC(F)(F)F)C(=O)O. The normalized spacial score (nSPS) is 12.5. The van der Waals surface area contributed by atoms with Crippen molar-refractivity contribution in [2.24, 2.45) is 0 Å². The lowest BCUT2D eigenvalue weighted by Gasteiger charge is -2.14. The molecule has 0 bridgehead atoms. The quantitative estimate of drug-likeness (QED) is 0.450. The van der Waals surface area contributed by atoms with E-state index >= 15 is 0 Å². The molecular formula is C10H15F3N2O6. The number of rotatable bonds is 9. The van der Waals surface area contributed by atoms with E-state index in [0.29, 0.717) is 0 Å². The molecule has 0 saturated heterocycles. The van der Waals surface area contributed by atoms with Crippen LogP contribution in [0.2, 0.25) is 0 Å². The van der Waals surface area contributed by atoms with Crippen molar-refractivity contribution in [3.8, 4) is 0 Å². The predicted octanol–water partition coefficient (Wildman–Crippen LogP) is 0.182.